The van der Waals surface area contributed by atoms with E-state index in [1.807, 2.05) is 0 Å². The molecule has 1 aliphatic rings. The summed E-state index contributed by atoms with van der Waals surface area (Å²) in [4.78, 5) is 30.4. The quantitative estimate of drug-likeness (QED) is 0.723. The Kier molecular flexibility index (Phi) is 3.25. The van der Waals surface area contributed by atoms with E-state index in [0.717, 1.165) is 0 Å². The van der Waals surface area contributed by atoms with E-state index in [2.05, 4.69) is 4.98 Å². The van der Waals surface area contributed by atoms with Crippen molar-refractivity contribution in [2.45, 2.75) is 18.9 Å². The highest BCUT2D eigenvalue weighted by Gasteiger charge is 2.28. The topological polar surface area (TPSA) is 81.5 Å². The van der Waals surface area contributed by atoms with E-state index in [9.17, 15) is 9.59 Å². The molecule has 3 aromatic heterocycles. The Balaban J connectivity index is 1.54. The number of carbonyl (C=O) groups is 1. The first-order valence-electron chi connectivity index (χ1n) is 7.53. The molecule has 0 atom stereocenters. The number of hydrogen-bond acceptors (Lipinski definition) is 5. The molecule has 0 saturated carbocycles. The first-order valence-corrected chi connectivity index (χ1v) is 7.53. The predicted molar refractivity (Wildman–Crippen MR) is 81.2 cm³/mol. The Bertz CT molecular complexity index is 886. The van der Waals surface area contributed by atoms with Crippen molar-refractivity contribution in [3.63, 3.8) is 0 Å². The number of hydrogen-bond donors (Lipinski definition) is 0. The van der Waals surface area contributed by atoms with E-state index in [1.54, 1.807) is 39.9 Å². The maximum absolute atomic E-state index is 12.3. The van der Waals surface area contributed by atoms with Gasteiger partial charge in [0.2, 0.25) is 0 Å². The van der Waals surface area contributed by atoms with Crippen LogP contribution in [0.25, 0.3) is 11.2 Å². The van der Waals surface area contributed by atoms with Gasteiger partial charge in [0.15, 0.2) is 17.0 Å². The van der Waals surface area contributed by atoms with Gasteiger partial charge in [-0.3, -0.25) is 9.36 Å². The average Bonchev–Trinajstić information content (AvgIpc) is 3.21. The lowest BCUT2D eigenvalue weighted by molar-refractivity contribution is 0.0661. The van der Waals surface area contributed by atoms with E-state index in [1.165, 1.54) is 6.26 Å². The summed E-state index contributed by atoms with van der Waals surface area (Å²) in [5.74, 6) is -0.165. The SMILES string of the molecule is O=C(c1ccco1)N1CCC(n2c(=O)oc3cccnc32)CC1. The molecule has 0 radical (unpaired) electrons. The largest absolute Gasteiger partial charge is 0.459 e. The molecule has 23 heavy (non-hydrogen) atoms. The van der Waals surface area contributed by atoms with Crippen molar-refractivity contribution in [2.75, 3.05) is 13.1 Å². The zero-order chi connectivity index (χ0) is 15.8. The molecule has 1 amide bonds. The lowest BCUT2D eigenvalue weighted by atomic mass is 10.0. The minimum absolute atomic E-state index is 0.0145. The van der Waals surface area contributed by atoms with Gasteiger partial charge in [0, 0.05) is 25.3 Å². The molecule has 7 nitrogen and oxygen atoms in total. The molecule has 0 aromatic carbocycles. The highest BCUT2D eigenvalue weighted by atomic mass is 16.4. The summed E-state index contributed by atoms with van der Waals surface area (Å²) in [5, 5.41) is 0. The van der Waals surface area contributed by atoms with Crippen LogP contribution in [0, 0.1) is 0 Å². The Hall–Kier alpha value is -2.83. The first-order chi connectivity index (χ1) is 11.2. The summed E-state index contributed by atoms with van der Waals surface area (Å²) >= 11 is 0. The van der Waals surface area contributed by atoms with Gasteiger partial charge < -0.3 is 13.7 Å². The molecule has 0 N–H and O–H groups in total. The van der Waals surface area contributed by atoms with Crippen LogP contribution >= 0.6 is 0 Å². The van der Waals surface area contributed by atoms with Gasteiger partial charge in [0.1, 0.15) is 0 Å². The van der Waals surface area contributed by atoms with Crippen molar-refractivity contribution in [3.05, 3.63) is 53.0 Å². The Labute approximate surface area is 131 Å². The minimum Gasteiger partial charge on any atom is -0.459 e. The van der Waals surface area contributed by atoms with E-state index in [0.29, 0.717) is 42.9 Å². The lowest BCUT2D eigenvalue weighted by Gasteiger charge is -2.31. The number of fused-ring (bicyclic) bond motifs is 1. The molecule has 118 valence electrons. The van der Waals surface area contributed by atoms with Crippen molar-refractivity contribution in [2.24, 2.45) is 0 Å². The maximum Gasteiger partial charge on any atom is 0.421 e. The van der Waals surface area contributed by atoms with Crippen LogP contribution in [-0.2, 0) is 0 Å². The zero-order valence-electron chi connectivity index (χ0n) is 12.3. The van der Waals surface area contributed by atoms with Gasteiger partial charge in [0.05, 0.1) is 6.26 Å². The van der Waals surface area contributed by atoms with Crippen molar-refractivity contribution in [1.29, 1.82) is 0 Å². The van der Waals surface area contributed by atoms with E-state index in [-0.39, 0.29) is 11.9 Å². The summed E-state index contributed by atoms with van der Waals surface area (Å²) in [6, 6.07) is 6.81. The molecule has 1 aliphatic heterocycles. The number of likely N-dealkylation sites (tertiary alicyclic amines) is 1. The van der Waals surface area contributed by atoms with Crippen molar-refractivity contribution < 1.29 is 13.6 Å². The van der Waals surface area contributed by atoms with E-state index >= 15 is 0 Å². The second-order valence-electron chi connectivity index (χ2n) is 5.56. The Morgan fingerprint density at radius 3 is 2.78 bits per heavy atom. The molecule has 3 aromatic rings. The Morgan fingerprint density at radius 2 is 2.04 bits per heavy atom. The molecular formula is C16H15N3O4. The number of pyridine rings is 1. The molecule has 0 spiro atoms. The fraction of sp³-hybridized carbons (Fsp3) is 0.312. The third-order valence-electron chi connectivity index (χ3n) is 4.22. The summed E-state index contributed by atoms with van der Waals surface area (Å²) in [5.41, 5.74) is 1.06. The number of nitrogens with zero attached hydrogens (tertiary/aromatic N) is 3. The van der Waals surface area contributed by atoms with Gasteiger partial charge in [-0.15, -0.1) is 0 Å². The smallest absolute Gasteiger partial charge is 0.421 e. The predicted octanol–water partition coefficient (Wildman–Crippen LogP) is 2.06. The molecule has 7 heteroatoms. The van der Waals surface area contributed by atoms with Crippen LogP contribution in [0.15, 0.2) is 50.4 Å². The lowest BCUT2D eigenvalue weighted by Crippen LogP contribution is -2.40. The number of rotatable bonds is 2. The highest BCUT2D eigenvalue weighted by molar-refractivity contribution is 5.91. The number of carbonyl (C=O) groups excluding carboxylic acids is 1. The summed E-state index contributed by atoms with van der Waals surface area (Å²) in [7, 11) is 0. The van der Waals surface area contributed by atoms with Gasteiger partial charge in [0.25, 0.3) is 5.91 Å². The van der Waals surface area contributed by atoms with Crippen molar-refractivity contribution >= 4 is 17.1 Å². The fourth-order valence-corrected chi connectivity index (χ4v) is 3.08. The number of piperidine rings is 1. The summed E-state index contributed by atoms with van der Waals surface area (Å²) in [6.45, 7) is 1.13. The molecule has 0 aliphatic carbocycles. The molecule has 4 heterocycles. The van der Waals surface area contributed by atoms with Gasteiger partial charge >= 0.3 is 5.76 Å². The number of aromatic nitrogens is 2. The third-order valence-corrected chi connectivity index (χ3v) is 4.22. The van der Waals surface area contributed by atoms with Gasteiger partial charge in [-0.1, -0.05) is 0 Å². The summed E-state index contributed by atoms with van der Waals surface area (Å²) < 4.78 is 12.0. The molecule has 4 rings (SSSR count). The first kappa shape index (κ1) is 13.8. The molecule has 1 fully saturated rings. The molecule has 0 bridgehead atoms. The zero-order valence-corrected chi connectivity index (χ0v) is 12.3. The number of oxazole rings is 1. The van der Waals surface area contributed by atoms with Crippen LogP contribution in [0.2, 0.25) is 0 Å². The van der Waals surface area contributed by atoms with Crippen molar-refractivity contribution in [3.8, 4) is 0 Å². The van der Waals surface area contributed by atoms with Crippen LogP contribution in [0.1, 0.15) is 29.4 Å². The second kappa shape index (κ2) is 5.42. The van der Waals surface area contributed by atoms with E-state index in [4.69, 9.17) is 8.83 Å². The molecule has 1 saturated heterocycles. The average molecular weight is 313 g/mol. The van der Waals surface area contributed by atoms with Crippen LogP contribution in [-0.4, -0.2) is 33.4 Å². The minimum atomic E-state index is -0.394. The highest BCUT2D eigenvalue weighted by Crippen LogP contribution is 2.25. The monoisotopic (exact) mass is 313 g/mol. The maximum atomic E-state index is 12.3. The molecular weight excluding hydrogens is 298 g/mol. The van der Waals surface area contributed by atoms with Crippen LogP contribution < -0.4 is 5.76 Å². The Morgan fingerprint density at radius 1 is 1.22 bits per heavy atom. The van der Waals surface area contributed by atoms with Crippen LogP contribution in [0.4, 0.5) is 0 Å². The normalized spacial score (nSPS) is 16.1. The second-order valence-corrected chi connectivity index (χ2v) is 5.56. The standard InChI is InChI=1S/C16H15N3O4/c20-15(13-4-2-10-22-13)18-8-5-11(6-9-18)19-14-12(23-16(19)21)3-1-7-17-14/h1-4,7,10-11H,5-6,8-9H2. The van der Waals surface area contributed by atoms with Crippen LogP contribution in [0.3, 0.4) is 0 Å². The van der Waals surface area contributed by atoms with Crippen molar-refractivity contribution in [1.82, 2.24) is 14.5 Å². The third kappa shape index (κ3) is 2.34. The van der Waals surface area contributed by atoms with Gasteiger partial charge in [-0.2, -0.15) is 0 Å². The number of furan rings is 1. The molecule has 0 unspecified atom stereocenters. The van der Waals surface area contributed by atoms with Gasteiger partial charge in [-0.25, -0.2) is 9.78 Å². The van der Waals surface area contributed by atoms with Crippen LogP contribution in [0.5, 0.6) is 0 Å². The van der Waals surface area contributed by atoms with E-state index < -0.39 is 5.76 Å². The summed E-state index contributed by atoms with van der Waals surface area (Å²) in [6.07, 6.45) is 4.49. The van der Waals surface area contributed by atoms with Gasteiger partial charge in [-0.05, 0) is 37.1 Å². The number of amides is 1. The fourth-order valence-electron chi connectivity index (χ4n) is 3.08.